The van der Waals surface area contributed by atoms with E-state index >= 15 is 4.39 Å². The summed E-state index contributed by atoms with van der Waals surface area (Å²) in [6.07, 6.45) is 0.591. The number of halogens is 1. The van der Waals surface area contributed by atoms with Crippen molar-refractivity contribution in [2.45, 2.75) is 50.7 Å². The fraction of sp³-hybridized carbons (Fsp3) is 0.436. The number of phenols is 1. The average Bonchev–Trinajstić information content (AvgIpc) is 3.11. The van der Waals surface area contributed by atoms with Crippen molar-refractivity contribution < 1.29 is 23.9 Å². The number of anilines is 1. The molecule has 3 atom stereocenters. The van der Waals surface area contributed by atoms with Gasteiger partial charge in [-0.15, -0.1) is 6.58 Å². The van der Waals surface area contributed by atoms with Gasteiger partial charge in [0.15, 0.2) is 0 Å². The first kappa shape index (κ1) is 36.3. The number of likely N-dealkylation sites (N-methyl/N-ethyl adjacent to an activating group) is 1. The highest BCUT2D eigenvalue weighted by molar-refractivity contribution is 5.91. The number of hydrazine groups is 1. The second-order valence-corrected chi connectivity index (χ2v) is 14.5. The molecular formula is C39H48FN9O4. The molecular weight excluding hydrogens is 677 g/mol. The molecule has 1 aromatic heterocycles. The van der Waals surface area contributed by atoms with Gasteiger partial charge in [0.25, 0.3) is 0 Å². The van der Waals surface area contributed by atoms with E-state index in [1.165, 1.54) is 22.0 Å². The summed E-state index contributed by atoms with van der Waals surface area (Å²) in [7, 11) is 2.16. The van der Waals surface area contributed by atoms with Crippen LogP contribution >= 0.6 is 0 Å². The maximum Gasteiger partial charge on any atom is 0.334 e. The number of carbonyl (C=O) groups is 3. The Labute approximate surface area is 309 Å². The van der Waals surface area contributed by atoms with Crippen molar-refractivity contribution in [2.24, 2.45) is 0 Å². The lowest BCUT2D eigenvalue weighted by molar-refractivity contribution is -0.189. The third-order valence-corrected chi connectivity index (χ3v) is 10.8. The highest BCUT2D eigenvalue weighted by Gasteiger charge is 2.51. The molecule has 14 heteroatoms. The maximum atomic E-state index is 15.2. The first-order valence-electron chi connectivity index (χ1n) is 18.3. The molecule has 4 fully saturated rings. The van der Waals surface area contributed by atoms with Crippen molar-refractivity contribution in [1.29, 1.82) is 0 Å². The summed E-state index contributed by atoms with van der Waals surface area (Å²) < 4.78 is 15.2. The Bertz CT molecular complexity index is 1830. The molecule has 0 saturated carbocycles. The molecule has 5 heterocycles. The van der Waals surface area contributed by atoms with Crippen molar-refractivity contribution in [3.63, 3.8) is 0 Å². The van der Waals surface area contributed by atoms with Gasteiger partial charge in [-0.1, -0.05) is 48.5 Å². The molecule has 13 nitrogen and oxygen atoms in total. The Kier molecular flexibility index (Phi) is 10.6. The topological polar surface area (TPSA) is 119 Å². The third-order valence-electron chi connectivity index (χ3n) is 10.8. The lowest BCUT2D eigenvalue weighted by Crippen LogP contribution is -2.76. The number of aromatic hydroxyl groups is 1. The molecule has 4 saturated heterocycles. The van der Waals surface area contributed by atoms with Crippen LogP contribution < -0.4 is 10.2 Å². The summed E-state index contributed by atoms with van der Waals surface area (Å²) in [5.41, 5.74) is 1.74. The lowest BCUT2D eigenvalue weighted by atomic mass is 9.98. The van der Waals surface area contributed by atoms with Gasteiger partial charge in [-0.25, -0.2) is 24.2 Å². The standard InChI is InChI=1S/C39H48FN9O4/c1-4-15-46-26-37(51)48-34(18-29-13-14-32(50)19-33(29)40)38(52)45(25-36(48)49(46)39(53)41-20-28-9-6-5-7-10-28)22-30-11-8-12-35(42-30)44-23-31(24-44)47-17-16-43(3)21-27(47)2/h4-14,19,27,31,34,36,50H,1,15-18,20-26H2,2-3H3,(H,41,53)/t27-,34-,36-/m0/s1. The van der Waals surface area contributed by atoms with E-state index in [9.17, 15) is 19.5 Å². The van der Waals surface area contributed by atoms with Crippen LogP contribution in [0.2, 0.25) is 0 Å². The molecule has 4 amide bonds. The number of amides is 4. The van der Waals surface area contributed by atoms with Crippen molar-refractivity contribution in [1.82, 2.24) is 39.9 Å². The van der Waals surface area contributed by atoms with E-state index in [0.717, 1.165) is 50.2 Å². The molecule has 0 bridgehead atoms. The lowest BCUT2D eigenvalue weighted by Gasteiger charge is -2.55. The minimum absolute atomic E-state index is 0.0184. The number of pyridine rings is 1. The van der Waals surface area contributed by atoms with Crippen LogP contribution in [-0.4, -0.2) is 141 Å². The summed E-state index contributed by atoms with van der Waals surface area (Å²) in [5, 5.41) is 16.0. The SMILES string of the molecule is C=CCN1CC(=O)N2[C@@H](Cc3ccc(O)cc3F)C(=O)N(Cc3cccc(N4CC(N5CCN(C)C[C@@H]5C)C4)n3)C[C@@H]2N1C(=O)NCc1ccccc1. The van der Waals surface area contributed by atoms with Crippen LogP contribution in [0, 0.1) is 5.82 Å². The molecule has 0 unspecified atom stereocenters. The van der Waals surface area contributed by atoms with Crippen LogP contribution in [-0.2, 0) is 29.1 Å². The third kappa shape index (κ3) is 7.71. The number of phenolic OH excluding ortho intramolecular Hbond substituents is 1. The predicted molar refractivity (Wildman–Crippen MR) is 198 cm³/mol. The minimum atomic E-state index is -1.11. The quantitative estimate of drug-likeness (QED) is 0.304. The fourth-order valence-electron chi connectivity index (χ4n) is 8.08. The van der Waals surface area contributed by atoms with Crippen molar-refractivity contribution >= 4 is 23.7 Å². The number of hydrogen-bond acceptors (Lipinski definition) is 9. The van der Waals surface area contributed by atoms with Crippen LogP contribution in [0.4, 0.5) is 15.0 Å². The number of aromatic nitrogens is 1. The van der Waals surface area contributed by atoms with E-state index < -0.39 is 24.1 Å². The van der Waals surface area contributed by atoms with Crippen LogP contribution in [0.15, 0.2) is 79.4 Å². The van der Waals surface area contributed by atoms with Gasteiger partial charge in [0, 0.05) is 70.4 Å². The highest BCUT2D eigenvalue weighted by atomic mass is 19.1. The first-order valence-corrected chi connectivity index (χ1v) is 18.3. The molecule has 2 N–H and O–H groups in total. The van der Waals surface area contributed by atoms with E-state index in [0.29, 0.717) is 17.8 Å². The van der Waals surface area contributed by atoms with E-state index in [1.807, 2.05) is 48.5 Å². The van der Waals surface area contributed by atoms with Gasteiger partial charge in [-0.2, -0.15) is 0 Å². The monoisotopic (exact) mass is 725 g/mol. The summed E-state index contributed by atoms with van der Waals surface area (Å²) in [4.78, 5) is 57.6. The molecule has 53 heavy (non-hydrogen) atoms. The van der Waals surface area contributed by atoms with Crippen molar-refractivity contribution in [3.05, 3.63) is 102 Å². The predicted octanol–water partition coefficient (Wildman–Crippen LogP) is 2.49. The molecule has 0 spiro atoms. The highest BCUT2D eigenvalue weighted by Crippen LogP contribution is 2.31. The Balaban J connectivity index is 1.15. The molecule has 4 aliphatic rings. The molecule has 7 rings (SSSR count). The fourth-order valence-corrected chi connectivity index (χ4v) is 8.08. The number of rotatable bonds is 10. The van der Waals surface area contributed by atoms with Gasteiger partial charge in [-0.05, 0) is 43.3 Å². The summed E-state index contributed by atoms with van der Waals surface area (Å²) in [5.74, 6) is -0.822. The molecule has 2 aromatic carbocycles. The normalized spacial score (nSPS) is 23.2. The molecule has 0 aliphatic carbocycles. The number of carbonyl (C=O) groups excluding carboxylic acids is 3. The number of benzene rings is 2. The van der Waals surface area contributed by atoms with Crippen molar-refractivity contribution in [2.75, 3.05) is 64.3 Å². The Morgan fingerprint density at radius 2 is 1.83 bits per heavy atom. The largest absolute Gasteiger partial charge is 0.508 e. The summed E-state index contributed by atoms with van der Waals surface area (Å²) in [6, 6.07) is 18.5. The van der Waals surface area contributed by atoms with Gasteiger partial charge < -0.3 is 30.0 Å². The number of fused-ring (bicyclic) bond motifs is 1. The van der Waals surface area contributed by atoms with Crippen LogP contribution in [0.25, 0.3) is 0 Å². The Hall–Kier alpha value is -5.05. The minimum Gasteiger partial charge on any atom is -0.508 e. The second kappa shape index (κ2) is 15.5. The number of nitrogens with one attached hydrogen (secondary N) is 1. The van der Waals surface area contributed by atoms with Gasteiger partial charge in [0.1, 0.15) is 29.6 Å². The summed E-state index contributed by atoms with van der Waals surface area (Å²) in [6.45, 7) is 11.5. The van der Waals surface area contributed by atoms with E-state index in [4.69, 9.17) is 4.98 Å². The molecule has 4 aliphatic heterocycles. The zero-order valence-corrected chi connectivity index (χ0v) is 30.4. The number of piperazine rings is 2. The van der Waals surface area contributed by atoms with Gasteiger partial charge >= 0.3 is 6.03 Å². The average molecular weight is 726 g/mol. The number of urea groups is 1. The van der Waals surface area contributed by atoms with E-state index in [2.05, 4.69) is 40.6 Å². The summed E-state index contributed by atoms with van der Waals surface area (Å²) >= 11 is 0. The smallest absolute Gasteiger partial charge is 0.334 e. The van der Waals surface area contributed by atoms with Gasteiger partial charge in [0.2, 0.25) is 11.8 Å². The van der Waals surface area contributed by atoms with Gasteiger partial charge in [-0.3, -0.25) is 14.5 Å². The number of nitrogens with zero attached hydrogens (tertiary/aromatic N) is 8. The van der Waals surface area contributed by atoms with E-state index in [1.54, 1.807) is 16.0 Å². The maximum absolute atomic E-state index is 15.2. The molecule has 3 aromatic rings. The number of hydrogen-bond donors (Lipinski definition) is 2. The van der Waals surface area contributed by atoms with Crippen LogP contribution in [0.1, 0.15) is 23.7 Å². The molecule has 280 valence electrons. The Morgan fingerprint density at radius 3 is 2.57 bits per heavy atom. The van der Waals surface area contributed by atoms with E-state index in [-0.39, 0.29) is 62.3 Å². The molecule has 0 radical (unpaired) electrons. The van der Waals surface area contributed by atoms with Crippen LogP contribution in [0.3, 0.4) is 0 Å². The Morgan fingerprint density at radius 1 is 1.04 bits per heavy atom. The second-order valence-electron chi connectivity index (χ2n) is 14.5. The van der Waals surface area contributed by atoms with Crippen LogP contribution in [0.5, 0.6) is 5.75 Å². The van der Waals surface area contributed by atoms with Gasteiger partial charge in [0.05, 0.1) is 25.3 Å². The first-order chi connectivity index (χ1) is 25.6. The zero-order valence-electron chi connectivity index (χ0n) is 30.4. The zero-order chi connectivity index (χ0) is 37.2. The van der Waals surface area contributed by atoms with Crippen molar-refractivity contribution in [3.8, 4) is 5.75 Å².